The molecule has 3 rings (SSSR count). The topological polar surface area (TPSA) is 41.5 Å². The van der Waals surface area contributed by atoms with E-state index in [2.05, 4.69) is 42.6 Å². The average Bonchev–Trinajstić information content (AvgIpc) is 2.93. The van der Waals surface area contributed by atoms with Gasteiger partial charge in [0.15, 0.2) is 0 Å². The number of ether oxygens (including phenoxy) is 1. The van der Waals surface area contributed by atoms with Crippen molar-refractivity contribution in [1.82, 2.24) is 5.32 Å². The zero-order valence-electron chi connectivity index (χ0n) is 12.5. The summed E-state index contributed by atoms with van der Waals surface area (Å²) in [5.41, 5.74) is 4.74. The number of hydrogen-bond acceptors (Lipinski definition) is 3. The van der Waals surface area contributed by atoms with Gasteiger partial charge in [-0.25, -0.2) is 0 Å². The Bertz CT molecular complexity index is 622. The molecule has 1 aliphatic rings. The van der Waals surface area contributed by atoms with E-state index in [1.807, 2.05) is 12.1 Å². The van der Waals surface area contributed by atoms with Crippen LogP contribution in [-0.4, -0.2) is 24.9 Å². The molecular formula is C18H21NO2. The van der Waals surface area contributed by atoms with E-state index in [4.69, 9.17) is 4.74 Å². The zero-order chi connectivity index (χ0) is 14.8. The molecule has 2 atom stereocenters. The largest absolute Gasteiger partial charge is 0.497 e. The molecule has 0 aliphatic carbocycles. The lowest BCUT2D eigenvalue weighted by atomic mass is 9.96. The molecule has 3 heteroatoms. The third-order valence-corrected chi connectivity index (χ3v) is 4.20. The second-order valence-electron chi connectivity index (χ2n) is 5.59. The molecule has 0 bridgehead atoms. The number of aliphatic hydroxyl groups excluding tert-OH is 1. The van der Waals surface area contributed by atoms with Gasteiger partial charge in [-0.05, 0) is 54.3 Å². The second-order valence-corrected chi connectivity index (χ2v) is 5.59. The van der Waals surface area contributed by atoms with Crippen molar-refractivity contribution in [2.75, 3.05) is 13.7 Å². The van der Waals surface area contributed by atoms with Crippen LogP contribution in [0.2, 0.25) is 0 Å². The molecule has 1 saturated heterocycles. The van der Waals surface area contributed by atoms with E-state index >= 15 is 0 Å². The van der Waals surface area contributed by atoms with Gasteiger partial charge in [-0.2, -0.15) is 0 Å². The summed E-state index contributed by atoms with van der Waals surface area (Å²) in [6.45, 7) is 2.97. The molecule has 110 valence electrons. The smallest absolute Gasteiger partial charge is 0.119 e. The van der Waals surface area contributed by atoms with Gasteiger partial charge in [-0.3, -0.25) is 0 Å². The first-order chi connectivity index (χ1) is 10.2. The van der Waals surface area contributed by atoms with Crippen molar-refractivity contribution in [3.05, 3.63) is 53.6 Å². The van der Waals surface area contributed by atoms with Crippen molar-refractivity contribution in [3.63, 3.8) is 0 Å². The number of nitrogens with one attached hydrogen (secondary N) is 1. The summed E-state index contributed by atoms with van der Waals surface area (Å²) >= 11 is 0. The summed E-state index contributed by atoms with van der Waals surface area (Å²) in [7, 11) is 1.68. The SMILES string of the molecule is COc1ccc(-c2ccc([C@@H]3NCC[C@@H]3O)cc2)c(C)c1. The fourth-order valence-electron chi connectivity index (χ4n) is 2.99. The van der Waals surface area contributed by atoms with Crippen molar-refractivity contribution < 1.29 is 9.84 Å². The predicted molar refractivity (Wildman–Crippen MR) is 84.5 cm³/mol. The van der Waals surface area contributed by atoms with Gasteiger partial charge >= 0.3 is 0 Å². The summed E-state index contributed by atoms with van der Waals surface area (Å²) in [5, 5.41) is 13.3. The minimum atomic E-state index is -0.279. The van der Waals surface area contributed by atoms with Crippen molar-refractivity contribution in [2.24, 2.45) is 0 Å². The van der Waals surface area contributed by atoms with Gasteiger partial charge in [0.25, 0.3) is 0 Å². The fourth-order valence-corrected chi connectivity index (χ4v) is 2.99. The average molecular weight is 283 g/mol. The first-order valence-electron chi connectivity index (χ1n) is 7.35. The van der Waals surface area contributed by atoms with Gasteiger partial charge in [0.05, 0.1) is 19.3 Å². The zero-order valence-corrected chi connectivity index (χ0v) is 12.5. The molecule has 0 radical (unpaired) electrons. The number of rotatable bonds is 3. The molecule has 1 heterocycles. The van der Waals surface area contributed by atoms with E-state index in [0.29, 0.717) is 0 Å². The predicted octanol–water partition coefficient (Wildman–Crippen LogP) is 3.07. The summed E-state index contributed by atoms with van der Waals surface area (Å²) in [4.78, 5) is 0. The fraction of sp³-hybridized carbons (Fsp3) is 0.333. The van der Waals surface area contributed by atoms with Crippen LogP contribution in [0.25, 0.3) is 11.1 Å². The van der Waals surface area contributed by atoms with Crippen molar-refractivity contribution in [2.45, 2.75) is 25.5 Å². The van der Waals surface area contributed by atoms with Crippen LogP contribution in [-0.2, 0) is 0 Å². The van der Waals surface area contributed by atoms with Crippen LogP contribution in [0.4, 0.5) is 0 Å². The normalized spacial score (nSPS) is 21.5. The monoisotopic (exact) mass is 283 g/mol. The highest BCUT2D eigenvalue weighted by Gasteiger charge is 2.25. The van der Waals surface area contributed by atoms with Crippen LogP contribution in [0.15, 0.2) is 42.5 Å². The van der Waals surface area contributed by atoms with Gasteiger partial charge < -0.3 is 15.2 Å². The van der Waals surface area contributed by atoms with Gasteiger partial charge in [0.2, 0.25) is 0 Å². The van der Waals surface area contributed by atoms with Crippen molar-refractivity contribution >= 4 is 0 Å². The van der Waals surface area contributed by atoms with E-state index in [9.17, 15) is 5.11 Å². The van der Waals surface area contributed by atoms with Crippen molar-refractivity contribution in [1.29, 1.82) is 0 Å². The Morgan fingerprint density at radius 3 is 2.48 bits per heavy atom. The Hall–Kier alpha value is -1.84. The standard InChI is InChI=1S/C18H21NO2/c1-12-11-15(21-2)7-8-16(12)13-3-5-14(6-4-13)18-17(20)9-10-19-18/h3-8,11,17-20H,9-10H2,1-2H3/t17-,18-/m0/s1. The van der Waals surface area contributed by atoms with E-state index < -0.39 is 0 Å². The molecule has 1 fully saturated rings. The number of aliphatic hydroxyl groups is 1. The Kier molecular flexibility index (Phi) is 3.95. The van der Waals surface area contributed by atoms with Gasteiger partial charge in [-0.15, -0.1) is 0 Å². The summed E-state index contributed by atoms with van der Waals surface area (Å²) in [6, 6.07) is 14.6. The van der Waals surface area contributed by atoms with Crippen LogP contribution in [0.5, 0.6) is 5.75 Å². The van der Waals surface area contributed by atoms with Crippen LogP contribution < -0.4 is 10.1 Å². The molecule has 2 aromatic carbocycles. The van der Waals surface area contributed by atoms with Gasteiger partial charge in [0.1, 0.15) is 5.75 Å². The molecule has 1 aliphatic heterocycles. The molecule has 0 unspecified atom stereocenters. The maximum absolute atomic E-state index is 9.95. The van der Waals surface area contributed by atoms with Crippen LogP contribution >= 0.6 is 0 Å². The highest BCUT2D eigenvalue weighted by atomic mass is 16.5. The third kappa shape index (κ3) is 2.80. The van der Waals surface area contributed by atoms with Crippen LogP contribution in [0.3, 0.4) is 0 Å². The van der Waals surface area contributed by atoms with Crippen LogP contribution in [0.1, 0.15) is 23.6 Å². The number of benzene rings is 2. The molecule has 3 nitrogen and oxygen atoms in total. The Morgan fingerprint density at radius 2 is 1.90 bits per heavy atom. The molecule has 21 heavy (non-hydrogen) atoms. The van der Waals surface area contributed by atoms with E-state index in [0.717, 1.165) is 24.3 Å². The maximum Gasteiger partial charge on any atom is 0.119 e. The van der Waals surface area contributed by atoms with E-state index in [-0.39, 0.29) is 12.1 Å². The molecule has 0 amide bonds. The molecule has 0 aromatic heterocycles. The first-order valence-corrected chi connectivity index (χ1v) is 7.35. The third-order valence-electron chi connectivity index (χ3n) is 4.20. The Labute approximate surface area is 125 Å². The first kappa shape index (κ1) is 14.1. The highest BCUT2D eigenvalue weighted by Crippen LogP contribution is 2.29. The minimum Gasteiger partial charge on any atom is -0.497 e. The molecule has 0 saturated carbocycles. The van der Waals surface area contributed by atoms with E-state index in [1.165, 1.54) is 16.7 Å². The molecular weight excluding hydrogens is 262 g/mol. The lowest BCUT2D eigenvalue weighted by Gasteiger charge is -2.16. The van der Waals surface area contributed by atoms with E-state index in [1.54, 1.807) is 7.11 Å². The number of aryl methyl sites for hydroxylation is 1. The lowest BCUT2D eigenvalue weighted by Crippen LogP contribution is -2.20. The van der Waals surface area contributed by atoms with Crippen molar-refractivity contribution in [3.8, 4) is 16.9 Å². The quantitative estimate of drug-likeness (QED) is 0.909. The molecule has 0 spiro atoms. The van der Waals surface area contributed by atoms with Gasteiger partial charge in [0, 0.05) is 0 Å². The molecule has 2 aromatic rings. The number of methoxy groups -OCH3 is 1. The summed E-state index contributed by atoms with van der Waals surface area (Å²) < 4.78 is 5.25. The Morgan fingerprint density at radius 1 is 1.14 bits per heavy atom. The maximum atomic E-state index is 9.95. The second kappa shape index (κ2) is 5.88. The Balaban J connectivity index is 1.87. The molecule has 2 N–H and O–H groups in total. The highest BCUT2D eigenvalue weighted by molar-refractivity contribution is 5.68. The minimum absolute atomic E-state index is 0.0658. The van der Waals surface area contributed by atoms with Gasteiger partial charge in [-0.1, -0.05) is 30.3 Å². The number of hydrogen-bond donors (Lipinski definition) is 2. The van der Waals surface area contributed by atoms with Crippen LogP contribution in [0, 0.1) is 6.92 Å². The summed E-state index contributed by atoms with van der Waals surface area (Å²) in [6.07, 6.45) is 0.544. The summed E-state index contributed by atoms with van der Waals surface area (Å²) in [5.74, 6) is 0.881. The lowest BCUT2D eigenvalue weighted by molar-refractivity contribution is 0.160.